The van der Waals surface area contributed by atoms with Gasteiger partial charge in [0.05, 0.1) is 21.9 Å². The third-order valence-corrected chi connectivity index (χ3v) is 5.83. The van der Waals surface area contributed by atoms with Crippen molar-refractivity contribution >= 4 is 11.8 Å². The third-order valence-electron chi connectivity index (χ3n) is 4.84. The van der Waals surface area contributed by atoms with Gasteiger partial charge in [-0.3, -0.25) is 4.79 Å². The maximum Gasteiger partial charge on any atom is 0.416 e. The number of alkyl halides is 3. The molecule has 2 heterocycles. The summed E-state index contributed by atoms with van der Waals surface area (Å²) in [5.74, 6) is 0.558. The number of rotatable bonds is 5. The summed E-state index contributed by atoms with van der Waals surface area (Å²) in [4.78, 5) is 15.2. The molecule has 0 aliphatic rings. The number of pyridine rings is 1. The van der Waals surface area contributed by atoms with Crippen LogP contribution in [0, 0.1) is 22.7 Å². The first-order chi connectivity index (χ1) is 16.3. The molecule has 2 N–H and O–H groups in total. The topological polar surface area (TPSA) is 135 Å². The van der Waals surface area contributed by atoms with E-state index in [-0.39, 0.29) is 27.5 Å². The van der Waals surface area contributed by atoms with Gasteiger partial charge in [0.15, 0.2) is 5.82 Å². The van der Waals surface area contributed by atoms with Crippen LogP contribution in [0.3, 0.4) is 0 Å². The molecule has 34 heavy (non-hydrogen) atoms. The molecule has 0 radical (unpaired) electrons. The van der Waals surface area contributed by atoms with Gasteiger partial charge in [-0.15, -0.1) is 10.2 Å². The zero-order valence-electron chi connectivity index (χ0n) is 17.0. The van der Waals surface area contributed by atoms with Crippen LogP contribution in [0.1, 0.15) is 22.5 Å². The van der Waals surface area contributed by atoms with Crippen LogP contribution in [-0.4, -0.2) is 25.6 Å². The number of aromatic nitrogens is 5. The van der Waals surface area contributed by atoms with Crippen LogP contribution in [0.15, 0.2) is 58.4 Å². The number of benzene rings is 2. The maximum absolute atomic E-state index is 12.9. The Hall–Kier alpha value is -4.42. The molecule has 0 unspecified atom stereocenters. The summed E-state index contributed by atoms with van der Waals surface area (Å²) in [6.07, 6.45) is -4.45. The molecule has 12 heteroatoms. The first-order valence-corrected chi connectivity index (χ1v) is 10.5. The molecule has 2 aromatic carbocycles. The van der Waals surface area contributed by atoms with Crippen LogP contribution in [0.25, 0.3) is 22.3 Å². The normalized spacial score (nSPS) is 11.1. The average Bonchev–Trinajstić information content (AvgIpc) is 3.35. The molecule has 168 valence electrons. The number of halogens is 3. The van der Waals surface area contributed by atoms with Crippen molar-refractivity contribution < 1.29 is 13.2 Å². The first-order valence-electron chi connectivity index (χ1n) is 9.55. The second kappa shape index (κ2) is 9.21. The van der Waals surface area contributed by atoms with Gasteiger partial charge in [0, 0.05) is 5.56 Å². The zero-order valence-corrected chi connectivity index (χ0v) is 17.8. The predicted octanol–water partition coefficient (Wildman–Crippen LogP) is 4.28. The summed E-state index contributed by atoms with van der Waals surface area (Å²) < 4.78 is 38.7. The Morgan fingerprint density at radius 1 is 0.971 bits per heavy atom. The van der Waals surface area contributed by atoms with E-state index in [0.717, 1.165) is 23.9 Å². The molecular weight excluding hydrogens is 467 g/mol. The highest BCUT2D eigenvalue weighted by atomic mass is 32.2. The lowest BCUT2D eigenvalue weighted by atomic mass is 9.94. The fourth-order valence-corrected chi connectivity index (χ4v) is 4.13. The van der Waals surface area contributed by atoms with Crippen LogP contribution in [-0.2, 0) is 11.9 Å². The Labute approximate surface area is 194 Å². The molecule has 0 aliphatic heterocycles. The van der Waals surface area contributed by atoms with Gasteiger partial charge in [0.2, 0.25) is 0 Å². The van der Waals surface area contributed by atoms with Gasteiger partial charge in [-0.2, -0.15) is 28.9 Å². The molecule has 0 saturated carbocycles. The summed E-state index contributed by atoms with van der Waals surface area (Å²) in [7, 11) is 0. The van der Waals surface area contributed by atoms with E-state index >= 15 is 0 Å². The van der Waals surface area contributed by atoms with E-state index in [1.54, 1.807) is 24.3 Å². The van der Waals surface area contributed by atoms with E-state index < -0.39 is 17.3 Å². The Kier molecular flexibility index (Phi) is 6.17. The molecule has 0 aliphatic carbocycles. The third kappa shape index (κ3) is 4.53. The van der Waals surface area contributed by atoms with Crippen molar-refractivity contribution in [1.29, 1.82) is 10.5 Å². The summed E-state index contributed by atoms with van der Waals surface area (Å²) in [6.45, 7) is 0. The van der Waals surface area contributed by atoms with E-state index in [1.165, 1.54) is 12.1 Å². The molecule has 2 aromatic heterocycles. The van der Waals surface area contributed by atoms with Crippen molar-refractivity contribution in [3.8, 4) is 34.4 Å². The molecule has 4 rings (SSSR count). The van der Waals surface area contributed by atoms with E-state index in [2.05, 4.69) is 25.6 Å². The predicted molar refractivity (Wildman–Crippen MR) is 116 cm³/mol. The smallest absolute Gasteiger partial charge is 0.315 e. The first kappa shape index (κ1) is 22.8. The van der Waals surface area contributed by atoms with Crippen molar-refractivity contribution in [2.24, 2.45) is 0 Å². The number of nitriles is 2. The van der Waals surface area contributed by atoms with Crippen LogP contribution < -0.4 is 5.56 Å². The molecule has 0 amide bonds. The number of thioether (sulfide) groups is 1. The van der Waals surface area contributed by atoms with Gasteiger partial charge in [-0.05, 0) is 34.9 Å². The monoisotopic (exact) mass is 479 g/mol. The van der Waals surface area contributed by atoms with Crippen molar-refractivity contribution in [2.75, 3.05) is 0 Å². The molecular formula is C22H12F3N7OS. The summed E-state index contributed by atoms with van der Waals surface area (Å²) in [6, 6.07) is 15.1. The number of H-pyrrole nitrogens is 2. The van der Waals surface area contributed by atoms with E-state index in [9.17, 15) is 28.5 Å². The number of nitrogens with one attached hydrogen (secondary N) is 2. The van der Waals surface area contributed by atoms with Crippen LogP contribution in [0.4, 0.5) is 13.2 Å². The minimum absolute atomic E-state index is 0.0780. The fourth-order valence-electron chi connectivity index (χ4n) is 3.28. The van der Waals surface area contributed by atoms with Gasteiger partial charge in [0.25, 0.3) is 5.56 Å². The average molecular weight is 479 g/mol. The van der Waals surface area contributed by atoms with E-state index in [1.807, 2.05) is 12.1 Å². The van der Waals surface area contributed by atoms with Gasteiger partial charge >= 0.3 is 6.18 Å². The number of tetrazole rings is 1. The molecule has 8 nitrogen and oxygen atoms in total. The van der Waals surface area contributed by atoms with Gasteiger partial charge in [-0.1, -0.05) is 47.3 Å². The minimum atomic E-state index is -4.45. The Balaban J connectivity index is 1.80. The molecule has 4 aromatic rings. The quantitative estimate of drug-likeness (QED) is 0.408. The second-order valence-electron chi connectivity index (χ2n) is 6.90. The van der Waals surface area contributed by atoms with Crippen LogP contribution >= 0.6 is 11.8 Å². The molecule has 0 atom stereocenters. The number of hydrogen-bond acceptors (Lipinski definition) is 7. The van der Waals surface area contributed by atoms with Crippen molar-refractivity contribution in [3.63, 3.8) is 0 Å². The standard InChI is InChI=1S/C22H12F3N7OS/c23-22(24,25)15-6-4-12(5-7-15)13-2-1-3-14(8-13)19-16(9-26)20(33)28-21(17(19)10-27)34-11-18-29-31-32-30-18/h1-8H,11H2,(H,28,33)(H,29,30,31,32). The van der Waals surface area contributed by atoms with Crippen molar-refractivity contribution in [3.05, 3.63) is 81.4 Å². The number of hydrogen-bond donors (Lipinski definition) is 2. The lowest BCUT2D eigenvalue weighted by molar-refractivity contribution is -0.137. The maximum atomic E-state index is 12.9. The van der Waals surface area contributed by atoms with Crippen molar-refractivity contribution in [2.45, 2.75) is 17.0 Å². The van der Waals surface area contributed by atoms with Crippen molar-refractivity contribution in [1.82, 2.24) is 25.6 Å². The molecule has 0 fully saturated rings. The molecule has 0 saturated heterocycles. The molecule has 0 spiro atoms. The number of nitrogens with zero attached hydrogens (tertiary/aromatic N) is 5. The number of aromatic amines is 2. The largest absolute Gasteiger partial charge is 0.416 e. The summed E-state index contributed by atoms with van der Waals surface area (Å²) in [5, 5.41) is 33.1. The highest BCUT2D eigenvalue weighted by molar-refractivity contribution is 7.98. The Morgan fingerprint density at radius 3 is 2.29 bits per heavy atom. The van der Waals surface area contributed by atoms with Gasteiger partial charge < -0.3 is 4.98 Å². The van der Waals surface area contributed by atoms with Gasteiger partial charge in [-0.25, -0.2) is 0 Å². The fraction of sp³-hybridized carbons (Fsp3) is 0.0909. The highest BCUT2D eigenvalue weighted by Crippen LogP contribution is 2.35. The minimum Gasteiger partial charge on any atom is -0.315 e. The SMILES string of the molecule is N#Cc1c(SCc2nn[nH]n2)[nH]c(=O)c(C#N)c1-c1cccc(-c2ccc(C(F)(F)F)cc2)c1. The zero-order chi connectivity index (χ0) is 24.3. The van der Waals surface area contributed by atoms with E-state index in [0.29, 0.717) is 22.5 Å². The summed E-state index contributed by atoms with van der Waals surface area (Å²) in [5.41, 5.74) is -0.0186. The Bertz CT molecular complexity index is 1480. The Morgan fingerprint density at radius 2 is 1.68 bits per heavy atom. The molecule has 0 bridgehead atoms. The highest BCUT2D eigenvalue weighted by Gasteiger charge is 2.30. The van der Waals surface area contributed by atoms with Gasteiger partial charge in [0.1, 0.15) is 17.7 Å². The van der Waals surface area contributed by atoms with Crippen LogP contribution in [0.2, 0.25) is 0 Å². The summed E-state index contributed by atoms with van der Waals surface area (Å²) >= 11 is 1.10. The van der Waals surface area contributed by atoms with E-state index in [4.69, 9.17) is 0 Å². The lowest BCUT2D eigenvalue weighted by Gasteiger charge is -2.12. The lowest BCUT2D eigenvalue weighted by Crippen LogP contribution is -2.15. The van der Waals surface area contributed by atoms with Crippen LogP contribution in [0.5, 0.6) is 0 Å². The second-order valence-corrected chi connectivity index (χ2v) is 7.89.